The van der Waals surface area contributed by atoms with E-state index in [0.717, 1.165) is 102 Å². The van der Waals surface area contributed by atoms with Crippen molar-refractivity contribution >= 4 is 17.7 Å². The van der Waals surface area contributed by atoms with Crippen LogP contribution in [0.25, 0.3) is 0 Å². The zero-order valence-electron chi connectivity index (χ0n) is 30.2. The number of rotatable bonds is 17. The number of esters is 1. The third kappa shape index (κ3) is 9.88. The molecule has 0 amide bonds. The molecule has 0 radical (unpaired) electrons. The minimum Gasteiger partial charge on any atom is -0.465 e. The Hall–Kier alpha value is -1.59. The van der Waals surface area contributed by atoms with Gasteiger partial charge in [0.15, 0.2) is 6.29 Å². The molecule has 284 valence electrons. The van der Waals surface area contributed by atoms with Gasteiger partial charge in [0.1, 0.15) is 11.9 Å². The minimum absolute atomic E-state index is 0.00679. The number of ether oxygens (including phenoxy) is 3. The highest BCUT2D eigenvalue weighted by molar-refractivity contribution is 7.99. The van der Waals surface area contributed by atoms with Crippen molar-refractivity contribution in [1.29, 1.82) is 0 Å². The number of thioether (sulfide) groups is 1. The van der Waals surface area contributed by atoms with Gasteiger partial charge in [0.2, 0.25) is 0 Å². The molecule has 0 spiro atoms. The summed E-state index contributed by atoms with van der Waals surface area (Å²) in [5.74, 6) is -0.577. The smallest absolute Gasteiger partial charge is 0.453 e. The molecule has 3 fully saturated rings. The minimum atomic E-state index is -5.46. The van der Waals surface area contributed by atoms with E-state index in [9.17, 15) is 26.7 Å². The number of nitrogens with zero attached hydrogens (tertiary/aromatic N) is 1. The van der Waals surface area contributed by atoms with Crippen LogP contribution in [0.4, 0.5) is 22.0 Å². The molecule has 1 aromatic carbocycles. The first kappa shape index (κ1) is 39.6. The average molecular weight is 732 g/mol. The Morgan fingerprint density at radius 3 is 2.52 bits per heavy atom. The maximum Gasteiger partial charge on any atom is 0.453 e. The summed E-state index contributed by atoms with van der Waals surface area (Å²) in [5, 5.41) is 0. The Bertz CT molecular complexity index is 1240. The largest absolute Gasteiger partial charge is 0.465 e. The molecule has 5 rings (SSSR count). The van der Waals surface area contributed by atoms with Crippen molar-refractivity contribution in [2.75, 3.05) is 38.2 Å². The first-order chi connectivity index (χ1) is 23.8. The maximum atomic E-state index is 13.1. The topological polar surface area (TPSA) is 48.0 Å². The van der Waals surface area contributed by atoms with Crippen LogP contribution in [0.1, 0.15) is 121 Å². The van der Waals surface area contributed by atoms with Crippen molar-refractivity contribution in [1.82, 2.24) is 4.90 Å². The highest BCUT2D eigenvalue weighted by Crippen LogP contribution is 2.63. The summed E-state index contributed by atoms with van der Waals surface area (Å²) < 4.78 is 81.2. The van der Waals surface area contributed by atoms with Crippen LogP contribution in [-0.2, 0) is 20.7 Å². The van der Waals surface area contributed by atoms with Gasteiger partial charge in [-0.25, -0.2) is 0 Å². The van der Waals surface area contributed by atoms with Crippen LogP contribution in [0.3, 0.4) is 0 Å². The Balaban J connectivity index is 1.11. The normalized spacial score (nSPS) is 29.7. The SMILES string of the molecule is CC(=O)O[C@H]1CC[C@H]2[C@@H]3[C@H](CCCCCN(C)CCCSCCCC(F)(F)C(F)(F)F)Cc4cc(OC5CCCCO5)ccc4[C@H]3CC[C@]12C. The molecule has 1 aliphatic heterocycles. The van der Waals surface area contributed by atoms with Gasteiger partial charge in [-0.1, -0.05) is 25.8 Å². The molecule has 5 nitrogen and oxygen atoms in total. The van der Waals surface area contributed by atoms with Crippen LogP contribution in [-0.4, -0.2) is 73.6 Å². The number of carbonyl (C=O) groups is 1. The standard InChI is InChI=1S/C39H58F5NO4S/c1-27(46)48-34-16-15-33-36-28(11-5-4-7-20-45(3)21-10-24-50-23-9-18-38(40,41)39(42,43)44)25-29-26-30(49-35-12-6-8-22-47-35)13-14-31(29)32(36)17-19-37(33,34)2/h13-14,26,28,32-36H,4-12,15-25H2,1-3H3/t28-,32-,33+,34+,35?,36-,37+/m1/s1. The van der Waals surface area contributed by atoms with Crippen LogP contribution < -0.4 is 4.74 Å². The summed E-state index contributed by atoms with van der Waals surface area (Å²) in [6, 6.07) is 6.75. The Morgan fingerprint density at radius 2 is 1.78 bits per heavy atom. The van der Waals surface area contributed by atoms with Gasteiger partial charge in [-0.05, 0) is 149 Å². The molecule has 1 heterocycles. The molecule has 2 saturated carbocycles. The molecule has 0 bridgehead atoms. The van der Waals surface area contributed by atoms with Gasteiger partial charge in [-0.15, -0.1) is 0 Å². The molecular weight excluding hydrogens is 673 g/mol. The van der Waals surface area contributed by atoms with Gasteiger partial charge in [-0.2, -0.15) is 33.7 Å². The summed E-state index contributed by atoms with van der Waals surface area (Å²) in [7, 11) is 2.09. The second kappa shape index (κ2) is 17.5. The van der Waals surface area contributed by atoms with E-state index in [1.807, 2.05) is 0 Å². The summed E-state index contributed by atoms with van der Waals surface area (Å²) in [4.78, 5) is 14.3. The van der Waals surface area contributed by atoms with Gasteiger partial charge in [0, 0.05) is 25.2 Å². The Labute approximate surface area is 300 Å². The van der Waals surface area contributed by atoms with E-state index in [0.29, 0.717) is 29.4 Å². The molecule has 0 aromatic heterocycles. The number of hydrogen-bond acceptors (Lipinski definition) is 6. The van der Waals surface area contributed by atoms with Gasteiger partial charge in [0.05, 0.1) is 6.61 Å². The summed E-state index contributed by atoms with van der Waals surface area (Å²) in [6.45, 7) is 6.54. The molecule has 7 atom stereocenters. The van der Waals surface area contributed by atoms with E-state index in [-0.39, 0.29) is 30.2 Å². The first-order valence-electron chi connectivity index (χ1n) is 19.1. The number of unbranched alkanes of at least 4 members (excludes halogenated alkanes) is 2. The van der Waals surface area contributed by atoms with Gasteiger partial charge in [-0.3, -0.25) is 4.79 Å². The lowest BCUT2D eigenvalue weighted by atomic mass is 9.52. The molecule has 1 unspecified atom stereocenters. The lowest BCUT2D eigenvalue weighted by Gasteiger charge is -2.53. The lowest BCUT2D eigenvalue weighted by molar-refractivity contribution is -0.284. The predicted octanol–water partition coefficient (Wildman–Crippen LogP) is 10.2. The second-order valence-electron chi connectivity index (χ2n) is 15.7. The highest BCUT2D eigenvalue weighted by Gasteiger charge is 2.58. The number of hydrogen-bond donors (Lipinski definition) is 0. The summed E-state index contributed by atoms with van der Waals surface area (Å²) >= 11 is 1.45. The van der Waals surface area contributed by atoms with Crippen molar-refractivity contribution in [3.63, 3.8) is 0 Å². The van der Waals surface area contributed by atoms with Gasteiger partial charge in [0.25, 0.3) is 0 Å². The molecule has 50 heavy (non-hydrogen) atoms. The number of benzene rings is 1. The molecule has 0 N–H and O–H groups in total. The van der Waals surface area contributed by atoms with Crippen molar-refractivity contribution < 1.29 is 41.0 Å². The van der Waals surface area contributed by atoms with Crippen molar-refractivity contribution in [2.24, 2.45) is 23.2 Å². The van der Waals surface area contributed by atoms with E-state index in [1.54, 1.807) is 0 Å². The quantitative estimate of drug-likeness (QED) is 0.0904. The Morgan fingerprint density at radius 1 is 1.00 bits per heavy atom. The molecule has 1 saturated heterocycles. The summed E-state index contributed by atoms with van der Waals surface area (Å²) in [5.41, 5.74) is 2.94. The average Bonchev–Trinajstić information content (AvgIpc) is 3.38. The fourth-order valence-corrected chi connectivity index (χ4v) is 10.5. The molecular formula is C39H58F5NO4S. The maximum absolute atomic E-state index is 13.1. The van der Waals surface area contributed by atoms with Gasteiger partial charge < -0.3 is 19.1 Å². The van der Waals surface area contributed by atoms with E-state index in [4.69, 9.17) is 14.2 Å². The highest BCUT2D eigenvalue weighted by atomic mass is 32.2. The van der Waals surface area contributed by atoms with Crippen LogP contribution in [0.2, 0.25) is 0 Å². The number of alkyl halides is 5. The molecule has 3 aliphatic carbocycles. The first-order valence-corrected chi connectivity index (χ1v) is 20.2. The van der Waals surface area contributed by atoms with Crippen LogP contribution in [0, 0.1) is 23.2 Å². The van der Waals surface area contributed by atoms with E-state index >= 15 is 0 Å². The van der Waals surface area contributed by atoms with Crippen LogP contribution in [0.15, 0.2) is 18.2 Å². The lowest BCUT2D eigenvalue weighted by Crippen LogP contribution is -2.48. The predicted molar refractivity (Wildman–Crippen MR) is 188 cm³/mol. The fraction of sp³-hybridized carbons (Fsp3) is 0.821. The zero-order chi connectivity index (χ0) is 35.9. The van der Waals surface area contributed by atoms with Crippen molar-refractivity contribution in [2.45, 2.75) is 141 Å². The zero-order valence-corrected chi connectivity index (χ0v) is 31.0. The molecule has 11 heteroatoms. The molecule has 1 aromatic rings. The van der Waals surface area contributed by atoms with Crippen LogP contribution >= 0.6 is 11.8 Å². The van der Waals surface area contributed by atoms with E-state index in [2.05, 4.69) is 37.1 Å². The third-order valence-corrected chi connectivity index (χ3v) is 13.3. The number of carbonyl (C=O) groups excluding carboxylic acids is 1. The summed E-state index contributed by atoms with van der Waals surface area (Å²) in [6.07, 6.45) is 7.05. The fourth-order valence-electron chi connectivity index (χ4n) is 9.58. The molecule has 4 aliphatic rings. The number of fused-ring (bicyclic) bond motifs is 5. The van der Waals surface area contributed by atoms with Crippen molar-refractivity contribution in [3.05, 3.63) is 29.3 Å². The van der Waals surface area contributed by atoms with E-state index in [1.165, 1.54) is 42.7 Å². The monoisotopic (exact) mass is 731 g/mol. The van der Waals surface area contributed by atoms with Crippen molar-refractivity contribution in [3.8, 4) is 5.75 Å². The van der Waals surface area contributed by atoms with Crippen LogP contribution in [0.5, 0.6) is 5.75 Å². The number of halogens is 5. The Kier molecular flexibility index (Phi) is 13.9. The van der Waals surface area contributed by atoms with E-state index < -0.39 is 18.5 Å². The third-order valence-electron chi connectivity index (χ3n) is 12.1. The van der Waals surface area contributed by atoms with Gasteiger partial charge >= 0.3 is 18.1 Å². The second-order valence-corrected chi connectivity index (χ2v) is 16.9.